The van der Waals surface area contributed by atoms with E-state index >= 15 is 0 Å². The van der Waals surface area contributed by atoms with Gasteiger partial charge in [-0.1, -0.05) is 0 Å². The molecule has 0 radical (unpaired) electrons. The van der Waals surface area contributed by atoms with Gasteiger partial charge in [-0.05, 0) is 0 Å². The maximum Gasteiger partial charge on any atom is 0.404 e. The number of aliphatic hydroxyl groups is 1. The number of hydrogen-bond donors (Lipinski definition) is 4. The molecule has 1 atom stereocenters. The number of rotatable bonds is 4. The lowest BCUT2D eigenvalue weighted by Crippen LogP contribution is -2.38. The summed E-state index contributed by atoms with van der Waals surface area (Å²) in [5, 5.41) is 21.5. The first-order valence-corrected chi connectivity index (χ1v) is 3.41. The lowest BCUT2D eigenvalue weighted by Gasteiger charge is -2.09. The van der Waals surface area contributed by atoms with Crippen LogP contribution in [-0.4, -0.2) is 41.4 Å². The number of carboxylic acid groups (broad SMARTS) is 1. The predicted octanol–water partition coefficient (Wildman–Crippen LogP) is -1.25. The quantitative estimate of drug-likeness (QED) is 0.430. The van der Waals surface area contributed by atoms with Gasteiger partial charge in [-0.15, -0.1) is 0 Å². The molecule has 2 amide bonds. The highest BCUT2D eigenvalue weighted by Crippen LogP contribution is 1.77. The Morgan fingerprint density at radius 2 is 1.83 bits per heavy atom. The number of carbonyl (C=O) groups is 2. The number of hydrogen-bond acceptors (Lipinski definition) is 3. The van der Waals surface area contributed by atoms with Crippen LogP contribution in [0.25, 0.3) is 0 Å². The average Bonchev–Trinajstić information content (AvgIpc) is 1.96. The smallest absolute Gasteiger partial charge is 0.404 e. The monoisotopic (exact) mass is 176 g/mol. The minimum absolute atomic E-state index is 0.0512. The Morgan fingerprint density at radius 3 is 2.25 bits per heavy atom. The molecule has 6 nitrogen and oxygen atoms in total. The third kappa shape index (κ3) is 6.81. The van der Waals surface area contributed by atoms with Crippen molar-refractivity contribution in [2.45, 2.75) is 13.0 Å². The maximum atomic E-state index is 10.3. The van der Waals surface area contributed by atoms with Gasteiger partial charge in [0.05, 0.1) is 6.10 Å². The molecule has 0 rings (SSSR count). The molecule has 6 heteroatoms. The Hall–Kier alpha value is -1.30. The molecule has 0 fully saturated rings. The first kappa shape index (κ1) is 10.7. The Balaban J connectivity index is 3.39. The van der Waals surface area contributed by atoms with Crippen LogP contribution in [0.15, 0.2) is 0 Å². The number of amides is 2. The van der Waals surface area contributed by atoms with Crippen molar-refractivity contribution >= 4 is 12.0 Å². The zero-order valence-corrected chi connectivity index (χ0v) is 6.70. The van der Waals surface area contributed by atoms with E-state index in [0.717, 1.165) is 0 Å². The second-order valence-corrected chi connectivity index (χ2v) is 2.28. The van der Waals surface area contributed by atoms with Crippen LogP contribution >= 0.6 is 0 Å². The van der Waals surface area contributed by atoms with Gasteiger partial charge in [-0.25, -0.2) is 4.79 Å². The van der Waals surface area contributed by atoms with Crippen LogP contribution in [0.4, 0.5) is 4.79 Å². The molecule has 0 aromatic heterocycles. The van der Waals surface area contributed by atoms with E-state index in [0.29, 0.717) is 0 Å². The van der Waals surface area contributed by atoms with Crippen molar-refractivity contribution in [2.24, 2.45) is 0 Å². The number of aliphatic hydroxyl groups excluding tert-OH is 1. The van der Waals surface area contributed by atoms with Gasteiger partial charge in [0.25, 0.3) is 0 Å². The Labute approximate surface area is 69.6 Å². The molecule has 4 N–H and O–H groups in total. The van der Waals surface area contributed by atoms with E-state index in [-0.39, 0.29) is 19.0 Å². The Morgan fingerprint density at radius 1 is 1.33 bits per heavy atom. The highest BCUT2D eigenvalue weighted by Gasteiger charge is 2.05. The van der Waals surface area contributed by atoms with Crippen LogP contribution in [0.2, 0.25) is 0 Å². The molecule has 70 valence electrons. The molecule has 12 heavy (non-hydrogen) atoms. The fourth-order valence-electron chi connectivity index (χ4n) is 0.539. The lowest BCUT2D eigenvalue weighted by atomic mass is 10.3. The Kier molecular flexibility index (Phi) is 4.78. The summed E-state index contributed by atoms with van der Waals surface area (Å²) in [7, 11) is 0. The van der Waals surface area contributed by atoms with Crippen LogP contribution < -0.4 is 10.6 Å². The predicted molar refractivity (Wildman–Crippen MR) is 40.7 cm³/mol. The molecule has 0 aliphatic heterocycles. The second-order valence-electron chi connectivity index (χ2n) is 2.28. The van der Waals surface area contributed by atoms with Crippen molar-refractivity contribution in [3.8, 4) is 0 Å². The third-order valence-corrected chi connectivity index (χ3v) is 1.08. The van der Waals surface area contributed by atoms with E-state index < -0.39 is 12.2 Å². The highest BCUT2D eigenvalue weighted by atomic mass is 16.4. The van der Waals surface area contributed by atoms with Crippen molar-refractivity contribution in [3.63, 3.8) is 0 Å². The topological polar surface area (TPSA) is 98.7 Å². The summed E-state index contributed by atoms with van der Waals surface area (Å²) in [6, 6.07) is 0. The molecule has 0 bridgehead atoms. The molecule has 0 saturated heterocycles. The van der Waals surface area contributed by atoms with Crippen LogP contribution in [0.1, 0.15) is 6.92 Å². The summed E-state index contributed by atoms with van der Waals surface area (Å²) in [6.45, 7) is 1.28. The average molecular weight is 176 g/mol. The molecule has 0 saturated carbocycles. The van der Waals surface area contributed by atoms with Crippen molar-refractivity contribution in [1.29, 1.82) is 0 Å². The largest absolute Gasteiger partial charge is 0.465 e. The van der Waals surface area contributed by atoms with Gasteiger partial charge in [-0.3, -0.25) is 4.79 Å². The van der Waals surface area contributed by atoms with Gasteiger partial charge < -0.3 is 20.8 Å². The molecule has 0 unspecified atom stereocenters. The zero-order valence-electron chi connectivity index (χ0n) is 6.70. The lowest BCUT2D eigenvalue weighted by molar-refractivity contribution is -0.119. The van der Waals surface area contributed by atoms with E-state index in [1.807, 2.05) is 5.32 Å². The fraction of sp³-hybridized carbons (Fsp3) is 0.667. The van der Waals surface area contributed by atoms with Gasteiger partial charge in [-0.2, -0.15) is 0 Å². The first-order valence-electron chi connectivity index (χ1n) is 3.41. The second kappa shape index (κ2) is 5.36. The van der Waals surface area contributed by atoms with Crippen molar-refractivity contribution in [1.82, 2.24) is 10.6 Å². The van der Waals surface area contributed by atoms with Crippen LogP contribution in [0, 0.1) is 0 Å². The molecule has 0 aromatic carbocycles. The van der Waals surface area contributed by atoms with Crippen molar-refractivity contribution < 1.29 is 19.8 Å². The standard InChI is InChI=1S/C6H12N2O4/c1-4(9)7-2-5(10)3-8-6(11)12/h5,8,10H,2-3H2,1H3,(H,7,9)(H,11,12)/t5-/m0/s1. The first-order chi connectivity index (χ1) is 5.52. The van der Waals surface area contributed by atoms with Crippen LogP contribution in [0.3, 0.4) is 0 Å². The normalized spacial score (nSPS) is 11.8. The van der Waals surface area contributed by atoms with Crippen LogP contribution in [0.5, 0.6) is 0 Å². The van der Waals surface area contributed by atoms with Gasteiger partial charge in [0.15, 0.2) is 0 Å². The molecule has 0 aliphatic carbocycles. The maximum absolute atomic E-state index is 10.3. The summed E-state index contributed by atoms with van der Waals surface area (Å²) < 4.78 is 0. The Bertz CT molecular complexity index is 153. The van der Waals surface area contributed by atoms with Crippen molar-refractivity contribution in [3.05, 3.63) is 0 Å². The van der Waals surface area contributed by atoms with Gasteiger partial charge >= 0.3 is 6.09 Å². The van der Waals surface area contributed by atoms with E-state index in [9.17, 15) is 9.59 Å². The number of nitrogens with one attached hydrogen (secondary N) is 2. The summed E-state index contributed by atoms with van der Waals surface area (Å²) in [5.41, 5.74) is 0. The zero-order chi connectivity index (χ0) is 9.56. The molecule has 0 spiro atoms. The van der Waals surface area contributed by atoms with E-state index in [4.69, 9.17) is 10.2 Å². The van der Waals surface area contributed by atoms with E-state index in [2.05, 4.69) is 5.32 Å². The van der Waals surface area contributed by atoms with E-state index in [1.54, 1.807) is 0 Å². The summed E-state index contributed by atoms with van der Waals surface area (Å²) in [6.07, 6.45) is -2.08. The highest BCUT2D eigenvalue weighted by molar-refractivity contribution is 5.72. The molecular formula is C6H12N2O4. The third-order valence-electron chi connectivity index (χ3n) is 1.08. The molecule has 0 aromatic rings. The number of carbonyl (C=O) groups excluding carboxylic acids is 1. The SMILES string of the molecule is CC(=O)NC[C@H](O)CNC(=O)O. The summed E-state index contributed by atoms with van der Waals surface area (Å²) in [4.78, 5) is 20.3. The molecular weight excluding hydrogens is 164 g/mol. The molecule has 0 heterocycles. The fourth-order valence-corrected chi connectivity index (χ4v) is 0.539. The van der Waals surface area contributed by atoms with Gasteiger partial charge in [0.1, 0.15) is 0 Å². The van der Waals surface area contributed by atoms with E-state index in [1.165, 1.54) is 6.92 Å². The summed E-state index contributed by atoms with van der Waals surface area (Å²) >= 11 is 0. The molecule has 0 aliphatic rings. The van der Waals surface area contributed by atoms with Gasteiger partial charge in [0, 0.05) is 20.0 Å². The van der Waals surface area contributed by atoms with Crippen LogP contribution in [-0.2, 0) is 4.79 Å². The minimum Gasteiger partial charge on any atom is -0.465 e. The van der Waals surface area contributed by atoms with Gasteiger partial charge in [0.2, 0.25) is 5.91 Å². The minimum atomic E-state index is -1.20. The van der Waals surface area contributed by atoms with Crippen molar-refractivity contribution in [2.75, 3.05) is 13.1 Å². The summed E-state index contributed by atoms with van der Waals surface area (Å²) in [5.74, 6) is -0.260.